The van der Waals surface area contributed by atoms with E-state index in [2.05, 4.69) is 20.5 Å². The molecule has 0 saturated heterocycles. The van der Waals surface area contributed by atoms with Crippen molar-refractivity contribution in [1.82, 2.24) is 15.1 Å². The molecule has 3 rings (SSSR count). The van der Waals surface area contributed by atoms with Crippen LogP contribution in [0.25, 0.3) is 10.9 Å². The van der Waals surface area contributed by atoms with Gasteiger partial charge in [-0.2, -0.15) is 5.10 Å². The molecule has 2 aromatic carbocycles. The minimum absolute atomic E-state index is 0.226. The molecule has 0 spiro atoms. The molecule has 1 amide bonds. The molecule has 170 valence electrons. The largest absolute Gasteiger partial charge is 0.495 e. The molecule has 3 aromatic rings. The number of amides is 1. The average Bonchev–Trinajstić information content (AvgIpc) is 3.23. The Morgan fingerprint density at radius 3 is 2.69 bits per heavy atom. The quantitative estimate of drug-likeness (QED) is 0.352. The molecule has 0 aliphatic rings. The number of carbonyl (C=O) groups excluding carboxylic acids is 2. The molecule has 8 nitrogen and oxygen atoms in total. The third-order valence-electron chi connectivity index (χ3n) is 5.13. The van der Waals surface area contributed by atoms with E-state index < -0.39 is 0 Å². The van der Waals surface area contributed by atoms with Gasteiger partial charge in [-0.15, -0.1) is 0 Å². The lowest BCUT2D eigenvalue weighted by Crippen LogP contribution is -2.26. The summed E-state index contributed by atoms with van der Waals surface area (Å²) in [6, 6.07) is 9.24. The number of benzene rings is 2. The van der Waals surface area contributed by atoms with Crippen LogP contribution in [0.1, 0.15) is 35.7 Å². The lowest BCUT2D eigenvalue weighted by Gasteiger charge is -2.15. The second kappa shape index (κ2) is 10.9. The van der Waals surface area contributed by atoms with E-state index in [-0.39, 0.29) is 18.3 Å². The van der Waals surface area contributed by atoms with Gasteiger partial charge in [-0.3, -0.25) is 14.3 Å². The maximum atomic E-state index is 12.9. The van der Waals surface area contributed by atoms with Crippen molar-refractivity contribution in [2.45, 2.75) is 32.9 Å². The molecule has 1 heterocycles. The summed E-state index contributed by atoms with van der Waals surface area (Å²) in [5, 5.41) is 12.1. The first-order valence-corrected chi connectivity index (χ1v) is 10.8. The Balaban J connectivity index is 1.83. The topological polar surface area (TPSA) is 94.5 Å². The molecular weight excluding hydrogens is 432 g/mol. The number of fused-ring (bicyclic) bond motifs is 1. The molecule has 0 fully saturated rings. The Bertz CT molecular complexity index is 1110. The fraction of sp³-hybridized carbons (Fsp3) is 0.348. The number of carbonyl (C=O) groups is 2. The molecule has 9 heteroatoms. The van der Waals surface area contributed by atoms with Gasteiger partial charge < -0.3 is 20.1 Å². The van der Waals surface area contributed by atoms with Gasteiger partial charge >= 0.3 is 5.97 Å². The Hall–Kier alpha value is -3.26. The molecule has 0 unspecified atom stereocenters. The summed E-state index contributed by atoms with van der Waals surface area (Å²) < 4.78 is 11.7. The lowest BCUT2D eigenvalue weighted by atomic mass is 10.1. The summed E-state index contributed by atoms with van der Waals surface area (Å²) in [5.41, 5.74) is 3.08. The SMILES string of the molecule is CCn1ncc2c(NCc3ccc(OC)c(Cl)c3)c(C(=O)NCCCC(=O)OC)ccc21. The molecule has 0 bridgehead atoms. The van der Waals surface area contributed by atoms with Crippen molar-refractivity contribution in [3.8, 4) is 5.75 Å². The minimum Gasteiger partial charge on any atom is -0.495 e. The number of ether oxygens (including phenoxy) is 2. The van der Waals surface area contributed by atoms with Crippen LogP contribution in [0.4, 0.5) is 5.69 Å². The number of hydrogen-bond acceptors (Lipinski definition) is 6. The van der Waals surface area contributed by atoms with Crippen LogP contribution >= 0.6 is 11.6 Å². The molecule has 32 heavy (non-hydrogen) atoms. The summed E-state index contributed by atoms with van der Waals surface area (Å²) in [5.74, 6) is 0.0817. The number of rotatable bonds is 10. The second-order valence-corrected chi connectivity index (χ2v) is 7.55. The average molecular weight is 459 g/mol. The maximum absolute atomic E-state index is 12.9. The Morgan fingerprint density at radius 2 is 2.00 bits per heavy atom. The van der Waals surface area contributed by atoms with E-state index in [9.17, 15) is 9.59 Å². The number of anilines is 1. The normalized spacial score (nSPS) is 10.8. The van der Waals surface area contributed by atoms with Crippen LogP contribution in [0.3, 0.4) is 0 Å². The number of aryl methyl sites for hydroxylation is 1. The van der Waals surface area contributed by atoms with Gasteiger partial charge in [0.05, 0.1) is 42.2 Å². The zero-order chi connectivity index (χ0) is 23.1. The van der Waals surface area contributed by atoms with Crippen LogP contribution in [0.5, 0.6) is 5.75 Å². The predicted molar refractivity (Wildman–Crippen MR) is 124 cm³/mol. The zero-order valence-corrected chi connectivity index (χ0v) is 19.2. The highest BCUT2D eigenvalue weighted by Crippen LogP contribution is 2.30. The highest BCUT2D eigenvalue weighted by Gasteiger charge is 2.17. The minimum atomic E-state index is -0.298. The number of aromatic nitrogens is 2. The number of nitrogens with zero attached hydrogens (tertiary/aromatic N) is 2. The molecule has 0 atom stereocenters. The zero-order valence-electron chi connectivity index (χ0n) is 18.4. The van der Waals surface area contributed by atoms with Gasteiger partial charge in [-0.25, -0.2) is 0 Å². The second-order valence-electron chi connectivity index (χ2n) is 7.14. The number of esters is 1. The van der Waals surface area contributed by atoms with Crippen molar-refractivity contribution >= 4 is 40.1 Å². The van der Waals surface area contributed by atoms with E-state index in [0.717, 1.165) is 23.0 Å². The standard InChI is InChI=1S/C23H27ClN4O4/c1-4-28-19-9-8-16(23(30)25-11-5-6-21(29)32-3)22(17(19)14-27-28)26-13-15-7-10-20(31-2)18(24)12-15/h7-10,12,14,26H,4-6,11,13H2,1-3H3,(H,25,30). The molecular formula is C23H27ClN4O4. The molecule has 0 aliphatic carbocycles. The first kappa shape index (κ1) is 23.4. The van der Waals surface area contributed by atoms with Gasteiger partial charge in [0.25, 0.3) is 5.91 Å². The summed E-state index contributed by atoms with van der Waals surface area (Å²) in [7, 11) is 2.92. The van der Waals surface area contributed by atoms with Gasteiger partial charge in [-0.05, 0) is 43.2 Å². The smallest absolute Gasteiger partial charge is 0.305 e. The van der Waals surface area contributed by atoms with E-state index in [1.54, 1.807) is 19.4 Å². The van der Waals surface area contributed by atoms with Crippen molar-refractivity contribution < 1.29 is 19.1 Å². The highest BCUT2D eigenvalue weighted by molar-refractivity contribution is 6.32. The van der Waals surface area contributed by atoms with E-state index in [1.807, 2.05) is 35.9 Å². The van der Waals surface area contributed by atoms with E-state index >= 15 is 0 Å². The van der Waals surface area contributed by atoms with Crippen LogP contribution in [0.2, 0.25) is 5.02 Å². The molecule has 0 saturated carbocycles. The monoisotopic (exact) mass is 458 g/mol. The predicted octanol–water partition coefficient (Wildman–Crippen LogP) is 4.01. The van der Waals surface area contributed by atoms with Gasteiger partial charge in [0.1, 0.15) is 5.75 Å². The lowest BCUT2D eigenvalue weighted by molar-refractivity contribution is -0.140. The van der Waals surface area contributed by atoms with Gasteiger partial charge in [-0.1, -0.05) is 17.7 Å². The van der Waals surface area contributed by atoms with Gasteiger partial charge in [0.2, 0.25) is 0 Å². The van der Waals surface area contributed by atoms with Crippen LogP contribution in [-0.4, -0.2) is 42.4 Å². The van der Waals surface area contributed by atoms with Crippen molar-refractivity contribution in [2.75, 3.05) is 26.1 Å². The summed E-state index contributed by atoms with van der Waals surface area (Å²) in [6.45, 7) is 3.56. The highest BCUT2D eigenvalue weighted by atomic mass is 35.5. The first-order valence-electron chi connectivity index (χ1n) is 10.4. The Kier molecular flexibility index (Phi) is 7.94. The summed E-state index contributed by atoms with van der Waals surface area (Å²) >= 11 is 6.25. The Morgan fingerprint density at radius 1 is 1.19 bits per heavy atom. The van der Waals surface area contributed by atoms with Crippen molar-refractivity contribution in [3.05, 3.63) is 52.7 Å². The van der Waals surface area contributed by atoms with Crippen molar-refractivity contribution in [3.63, 3.8) is 0 Å². The molecule has 0 radical (unpaired) electrons. The summed E-state index contributed by atoms with van der Waals surface area (Å²) in [6.07, 6.45) is 2.51. The number of hydrogen-bond donors (Lipinski definition) is 2. The number of methoxy groups -OCH3 is 2. The van der Waals surface area contributed by atoms with Gasteiger partial charge in [0, 0.05) is 31.4 Å². The van der Waals surface area contributed by atoms with E-state index in [4.69, 9.17) is 16.3 Å². The van der Waals surface area contributed by atoms with E-state index in [0.29, 0.717) is 41.5 Å². The first-order chi connectivity index (χ1) is 15.5. The van der Waals surface area contributed by atoms with E-state index in [1.165, 1.54) is 7.11 Å². The third-order valence-corrected chi connectivity index (χ3v) is 5.42. The molecule has 2 N–H and O–H groups in total. The summed E-state index contributed by atoms with van der Waals surface area (Å²) in [4.78, 5) is 24.2. The van der Waals surface area contributed by atoms with Crippen molar-refractivity contribution in [2.24, 2.45) is 0 Å². The number of nitrogens with one attached hydrogen (secondary N) is 2. The van der Waals surface area contributed by atoms with Crippen LogP contribution in [0.15, 0.2) is 36.5 Å². The Labute approximate surface area is 191 Å². The fourth-order valence-electron chi connectivity index (χ4n) is 3.43. The van der Waals surface area contributed by atoms with Crippen LogP contribution < -0.4 is 15.4 Å². The van der Waals surface area contributed by atoms with Crippen molar-refractivity contribution in [1.29, 1.82) is 0 Å². The van der Waals surface area contributed by atoms with Crippen LogP contribution in [0, 0.1) is 0 Å². The molecule has 0 aliphatic heterocycles. The number of halogens is 1. The third kappa shape index (κ3) is 5.31. The van der Waals surface area contributed by atoms with Gasteiger partial charge in [0.15, 0.2) is 0 Å². The fourth-order valence-corrected chi connectivity index (χ4v) is 3.71. The maximum Gasteiger partial charge on any atom is 0.305 e. The van der Waals surface area contributed by atoms with Crippen LogP contribution in [-0.2, 0) is 22.6 Å². The molecule has 1 aromatic heterocycles.